The van der Waals surface area contributed by atoms with Gasteiger partial charge in [0, 0.05) is 39.4 Å². The number of hydrogen-bond acceptors (Lipinski definition) is 5. The van der Waals surface area contributed by atoms with Crippen LogP contribution < -0.4 is 10.9 Å². The number of aryl methyl sites for hydroxylation is 1. The van der Waals surface area contributed by atoms with Crippen molar-refractivity contribution in [3.8, 4) is 0 Å². The number of nitrogens with one attached hydrogen (secondary N) is 2. The molecule has 2 N–H and O–H groups in total. The number of rotatable bonds is 6. The summed E-state index contributed by atoms with van der Waals surface area (Å²) in [6, 6.07) is 20.8. The number of para-hydroxylation sites is 1. The van der Waals surface area contributed by atoms with Crippen LogP contribution in [0.5, 0.6) is 0 Å². The van der Waals surface area contributed by atoms with Crippen LogP contribution >= 0.6 is 0 Å². The molecule has 0 saturated carbocycles. The van der Waals surface area contributed by atoms with Crippen molar-refractivity contribution in [2.24, 2.45) is 0 Å². The molecule has 0 unspecified atom stereocenters. The Hall–Kier alpha value is -4.46. The summed E-state index contributed by atoms with van der Waals surface area (Å²) in [5.74, 6) is -1.05. The van der Waals surface area contributed by atoms with Crippen LogP contribution in [-0.4, -0.2) is 33.2 Å². The maximum absolute atomic E-state index is 12.4. The number of benzene rings is 3. The Morgan fingerprint density at radius 3 is 2.44 bits per heavy atom. The van der Waals surface area contributed by atoms with Crippen molar-refractivity contribution in [2.75, 3.05) is 11.9 Å². The lowest BCUT2D eigenvalue weighted by Gasteiger charge is -2.08. The second-order valence-electron chi connectivity index (χ2n) is 7.92. The number of H-pyrrole nitrogens is 1. The van der Waals surface area contributed by atoms with E-state index in [-0.39, 0.29) is 12.0 Å². The Kier molecular flexibility index (Phi) is 5.55. The van der Waals surface area contributed by atoms with Crippen molar-refractivity contribution in [3.63, 3.8) is 0 Å². The molecule has 5 aromatic rings. The summed E-state index contributed by atoms with van der Waals surface area (Å²) < 4.78 is 7.38. The smallest absolute Gasteiger partial charge is 0.312 e. The average Bonchev–Trinajstić information content (AvgIpc) is 3.18. The maximum Gasteiger partial charge on any atom is 0.312 e. The lowest BCUT2D eigenvalue weighted by Crippen LogP contribution is -2.22. The quantitative estimate of drug-likeness (QED) is 0.380. The molecule has 1 amide bonds. The van der Waals surface area contributed by atoms with Crippen molar-refractivity contribution >= 4 is 50.1 Å². The number of aromatic nitrogens is 3. The van der Waals surface area contributed by atoms with E-state index in [0.717, 1.165) is 28.4 Å². The fourth-order valence-electron chi connectivity index (χ4n) is 4.31. The molecule has 0 saturated heterocycles. The van der Waals surface area contributed by atoms with Gasteiger partial charge in [-0.3, -0.25) is 14.4 Å². The number of carbonyl (C=O) groups is 2. The molecule has 8 heteroatoms. The van der Waals surface area contributed by atoms with E-state index in [2.05, 4.69) is 39.1 Å². The molecule has 0 atom stereocenters. The van der Waals surface area contributed by atoms with Gasteiger partial charge in [-0.15, -0.1) is 0 Å². The summed E-state index contributed by atoms with van der Waals surface area (Å²) in [6.45, 7) is 2.52. The molecule has 8 nitrogen and oxygen atoms in total. The first kappa shape index (κ1) is 21.4. The zero-order valence-corrected chi connectivity index (χ0v) is 18.5. The van der Waals surface area contributed by atoms with Gasteiger partial charge >= 0.3 is 5.97 Å². The molecular formula is C26H22N4O4. The van der Waals surface area contributed by atoms with E-state index in [4.69, 9.17) is 4.74 Å². The summed E-state index contributed by atoms with van der Waals surface area (Å²) in [7, 11) is 0. The van der Waals surface area contributed by atoms with Crippen LogP contribution in [0.15, 0.2) is 71.5 Å². The van der Waals surface area contributed by atoms with Gasteiger partial charge in [-0.2, -0.15) is 5.10 Å². The third kappa shape index (κ3) is 3.90. The highest BCUT2D eigenvalue weighted by atomic mass is 16.5. The molecule has 5 rings (SSSR count). The molecule has 2 heterocycles. The number of fused-ring (bicyclic) bond motifs is 4. The second-order valence-corrected chi connectivity index (χ2v) is 7.92. The summed E-state index contributed by atoms with van der Waals surface area (Å²) in [6.07, 6.45) is -0.160. The summed E-state index contributed by atoms with van der Waals surface area (Å²) in [5.41, 5.74) is 2.92. The number of ether oxygens (including phenoxy) is 1. The maximum atomic E-state index is 12.4. The van der Waals surface area contributed by atoms with Crippen molar-refractivity contribution in [3.05, 3.63) is 82.8 Å². The molecule has 0 aliphatic heterocycles. The number of aromatic amines is 1. The number of amides is 1. The highest BCUT2D eigenvalue weighted by molar-refractivity contribution is 6.09. The van der Waals surface area contributed by atoms with E-state index >= 15 is 0 Å². The standard InChI is InChI=1S/C26H22N4O4/c1-2-30-22-10-6-5-8-18(22)20-13-16(11-12-23(20)30)27-24(31)15-34-25(32)14-21-17-7-3-4-9-19(17)26(33)29-28-21/h3-13H,2,14-15H2,1H3,(H,27,31)(H,29,33). The lowest BCUT2D eigenvalue weighted by atomic mass is 10.1. The lowest BCUT2D eigenvalue weighted by molar-refractivity contribution is -0.146. The highest BCUT2D eigenvalue weighted by Crippen LogP contribution is 2.30. The van der Waals surface area contributed by atoms with Gasteiger partial charge in [0.1, 0.15) is 0 Å². The van der Waals surface area contributed by atoms with Crippen LogP contribution in [0.2, 0.25) is 0 Å². The van der Waals surface area contributed by atoms with E-state index < -0.39 is 18.5 Å². The summed E-state index contributed by atoms with van der Waals surface area (Å²) >= 11 is 0. The number of carbonyl (C=O) groups excluding carboxylic acids is 2. The molecule has 0 radical (unpaired) electrons. The van der Waals surface area contributed by atoms with Crippen molar-refractivity contribution in [1.29, 1.82) is 0 Å². The third-order valence-electron chi connectivity index (χ3n) is 5.82. The number of anilines is 1. The third-order valence-corrected chi connectivity index (χ3v) is 5.82. The van der Waals surface area contributed by atoms with Gasteiger partial charge in [0.15, 0.2) is 6.61 Å². The highest BCUT2D eigenvalue weighted by Gasteiger charge is 2.14. The van der Waals surface area contributed by atoms with E-state index in [0.29, 0.717) is 22.2 Å². The summed E-state index contributed by atoms with van der Waals surface area (Å²) in [5, 5.41) is 12.3. The molecule has 0 aliphatic rings. The van der Waals surface area contributed by atoms with E-state index in [1.165, 1.54) is 0 Å². The zero-order valence-electron chi connectivity index (χ0n) is 18.5. The van der Waals surface area contributed by atoms with Crippen LogP contribution in [0.25, 0.3) is 32.6 Å². The second kappa shape index (κ2) is 8.82. The SMILES string of the molecule is CCn1c2ccccc2c2cc(NC(=O)COC(=O)Cc3n[nH]c(=O)c4ccccc34)ccc21. The van der Waals surface area contributed by atoms with Crippen LogP contribution in [-0.2, 0) is 27.3 Å². The van der Waals surface area contributed by atoms with Crippen LogP contribution in [0.1, 0.15) is 12.6 Å². The molecular weight excluding hydrogens is 432 g/mol. The van der Waals surface area contributed by atoms with E-state index in [1.54, 1.807) is 24.3 Å². The van der Waals surface area contributed by atoms with E-state index in [1.807, 2.05) is 30.3 Å². The molecule has 0 aliphatic carbocycles. The topological polar surface area (TPSA) is 106 Å². The first-order chi connectivity index (χ1) is 16.5. The van der Waals surface area contributed by atoms with Crippen LogP contribution in [0.3, 0.4) is 0 Å². The molecule has 0 fully saturated rings. The number of hydrogen-bond donors (Lipinski definition) is 2. The molecule has 34 heavy (non-hydrogen) atoms. The largest absolute Gasteiger partial charge is 0.455 e. The van der Waals surface area contributed by atoms with Gasteiger partial charge in [-0.05, 0) is 37.3 Å². The minimum atomic E-state index is -0.610. The Balaban J connectivity index is 1.27. The van der Waals surface area contributed by atoms with Gasteiger partial charge in [-0.1, -0.05) is 36.4 Å². The van der Waals surface area contributed by atoms with Gasteiger partial charge in [0.2, 0.25) is 0 Å². The zero-order chi connectivity index (χ0) is 23.7. The van der Waals surface area contributed by atoms with Crippen LogP contribution in [0, 0.1) is 0 Å². The average molecular weight is 454 g/mol. The molecule has 3 aromatic carbocycles. The number of esters is 1. The molecule has 0 spiro atoms. The predicted octanol–water partition coefficient (Wildman–Crippen LogP) is 3.78. The molecule has 170 valence electrons. The van der Waals surface area contributed by atoms with E-state index in [9.17, 15) is 14.4 Å². The van der Waals surface area contributed by atoms with Crippen molar-refractivity contribution in [1.82, 2.24) is 14.8 Å². The van der Waals surface area contributed by atoms with Gasteiger partial charge in [0.25, 0.3) is 11.5 Å². The monoisotopic (exact) mass is 454 g/mol. The minimum absolute atomic E-state index is 0.160. The van der Waals surface area contributed by atoms with Crippen molar-refractivity contribution < 1.29 is 14.3 Å². The first-order valence-corrected chi connectivity index (χ1v) is 11.0. The summed E-state index contributed by atoms with van der Waals surface area (Å²) in [4.78, 5) is 36.6. The van der Waals surface area contributed by atoms with Gasteiger partial charge in [0.05, 0.1) is 17.5 Å². The Labute approximate surface area is 194 Å². The Morgan fingerprint density at radius 2 is 1.65 bits per heavy atom. The van der Waals surface area contributed by atoms with Crippen molar-refractivity contribution in [2.45, 2.75) is 19.9 Å². The normalized spacial score (nSPS) is 11.2. The fourth-order valence-corrected chi connectivity index (χ4v) is 4.31. The molecule has 0 bridgehead atoms. The first-order valence-electron chi connectivity index (χ1n) is 11.0. The van der Waals surface area contributed by atoms with Gasteiger partial charge < -0.3 is 14.6 Å². The fraction of sp³-hybridized carbons (Fsp3) is 0.154. The Morgan fingerprint density at radius 1 is 0.941 bits per heavy atom. The number of nitrogens with zero attached hydrogens (tertiary/aromatic N) is 2. The Bertz CT molecular complexity index is 1620. The van der Waals surface area contributed by atoms with Gasteiger partial charge in [-0.25, -0.2) is 5.10 Å². The van der Waals surface area contributed by atoms with Crippen LogP contribution in [0.4, 0.5) is 5.69 Å². The minimum Gasteiger partial charge on any atom is -0.455 e. The predicted molar refractivity (Wildman–Crippen MR) is 131 cm³/mol. The molecule has 2 aromatic heterocycles.